The van der Waals surface area contributed by atoms with Gasteiger partial charge in [-0.2, -0.15) is 0 Å². The number of carbonyl (C=O) groups is 1. The number of fused-ring (bicyclic) bond motifs is 2. The summed E-state index contributed by atoms with van der Waals surface area (Å²) < 4.78 is 5.79. The molecule has 0 saturated carbocycles. The number of carboxylic acids is 1. The van der Waals surface area contributed by atoms with E-state index in [2.05, 4.69) is 0 Å². The summed E-state index contributed by atoms with van der Waals surface area (Å²) in [5.74, 6) is -0.0686. The molecule has 0 bridgehead atoms. The molecule has 0 saturated heterocycles. The molecule has 3 N–H and O–H groups in total. The van der Waals surface area contributed by atoms with Crippen LogP contribution in [0, 0.1) is 0 Å². The van der Waals surface area contributed by atoms with Crippen LogP contribution in [0.4, 0.5) is 0 Å². The van der Waals surface area contributed by atoms with Crippen molar-refractivity contribution in [3.8, 4) is 11.5 Å². The summed E-state index contributed by atoms with van der Waals surface area (Å²) in [4.78, 5) is 11.3. The van der Waals surface area contributed by atoms with Gasteiger partial charge in [-0.1, -0.05) is 36.4 Å². The third-order valence-corrected chi connectivity index (χ3v) is 3.37. The molecule has 0 fully saturated rings. The first kappa shape index (κ1) is 11.7. The first-order chi connectivity index (χ1) is 9.18. The Hall–Kier alpha value is -2.33. The second-order valence-electron chi connectivity index (χ2n) is 4.52. The van der Waals surface area contributed by atoms with Crippen LogP contribution in [0.2, 0.25) is 0 Å². The van der Waals surface area contributed by atoms with Crippen molar-refractivity contribution in [2.45, 2.75) is 12.0 Å². The van der Waals surface area contributed by atoms with Crippen molar-refractivity contribution in [1.82, 2.24) is 0 Å². The van der Waals surface area contributed by atoms with E-state index in [0.717, 1.165) is 11.1 Å². The maximum Gasteiger partial charge on any atom is 0.321 e. The van der Waals surface area contributed by atoms with Crippen molar-refractivity contribution in [3.63, 3.8) is 0 Å². The van der Waals surface area contributed by atoms with Crippen molar-refractivity contribution < 1.29 is 14.6 Å². The smallest absolute Gasteiger partial charge is 0.321 e. The van der Waals surface area contributed by atoms with Crippen LogP contribution in [-0.2, 0) is 4.79 Å². The molecule has 4 nitrogen and oxygen atoms in total. The van der Waals surface area contributed by atoms with Gasteiger partial charge in [0.2, 0.25) is 0 Å². The molecule has 0 radical (unpaired) electrons. The second-order valence-corrected chi connectivity index (χ2v) is 4.52. The zero-order valence-corrected chi connectivity index (χ0v) is 10.1. The molecule has 1 heterocycles. The average Bonchev–Trinajstić information content (AvgIpc) is 2.43. The Bertz CT molecular complexity index is 593. The number of ether oxygens (including phenoxy) is 1. The summed E-state index contributed by atoms with van der Waals surface area (Å²) in [6, 6.07) is 13.8. The van der Waals surface area contributed by atoms with E-state index in [1.54, 1.807) is 0 Å². The molecule has 96 valence electrons. The van der Waals surface area contributed by atoms with Crippen LogP contribution < -0.4 is 10.5 Å². The third kappa shape index (κ3) is 1.86. The quantitative estimate of drug-likeness (QED) is 0.863. The van der Waals surface area contributed by atoms with E-state index >= 15 is 0 Å². The summed E-state index contributed by atoms with van der Waals surface area (Å²) in [7, 11) is 0. The van der Waals surface area contributed by atoms with E-state index in [-0.39, 0.29) is 0 Å². The van der Waals surface area contributed by atoms with Gasteiger partial charge in [0.05, 0.1) is 0 Å². The van der Waals surface area contributed by atoms with Crippen molar-refractivity contribution >= 4 is 5.97 Å². The fraction of sp³-hybridized carbons (Fsp3) is 0.133. The van der Waals surface area contributed by atoms with Gasteiger partial charge in [-0.15, -0.1) is 0 Å². The number of benzene rings is 2. The molecule has 0 amide bonds. The van der Waals surface area contributed by atoms with E-state index < -0.39 is 17.9 Å². The van der Waals surface area contributed by atoms with Gasteiger partial charge >= 0.3 is 5.97 Å². The number of carboxylic acid groups (broad SMARTS) is 1. The second kappa shape index (κ2) is 4.40. The number of aliphatic carboxylic acids is 1. The van der Waals surface area contributed by atoms with E-state index in [4.69, 9.17) is 10.5 Å². The number of nitrogens with two attached hydrogens (primary N) is 1. The Morgan fingerprint density at radius 3 is 2.00 bits per heavy atom. The molecule has 2 aromatic carbocycles. The molecule has 19 heavy (non-hydrogen) atoms. The molecule has 0 aliphatic carbocycles. The lowest BCUT2D eigenvalue weighted by Crippen LogP contribution is -2.38. The normalized spacial score (nSPS) is 15.0. The van der Waals surface area contributed by atoms with Gasteiger partial charge in [0.25, 0.3) is 0 Å². The van der Waals surface area contributed by atoms with Gasteiger partial charge in [-0.25, -0.2) is 0 Å². The lowest BCUT2D eigenvalue weighted by atomic mass is 9.83. The first-order valence-corrected chi connectivity index (χ1v) is 6.02. The first-order valence-electron chi connectivity index (χ1n) is 6.02. The molecule has 1 aliphatic heterocycles. The van der Waals surface area contributed by atoms with Crippen LogP contribution in [0.25, 0.3) is 0 Å². The largest absolute Gasteiger partial charge is 0.480 e. The SMILES string of the molecule is NC(C(=O)O)C1c2ccccc2Oc2ccccc21. The third-order valence-electron chi connectivity index (χ3n) is 3.37. The Morgan fingerprint density at radius 1 is 1.05 bits per heavy atom. The van der Waals surface area contributed by atoms with Gasteiger partial charge in [-0.05, 0) is 12.1 Å². The molecular formula is C15H13NO3. The van der Waals surface area contributed by atoms with Crippen LogP contribution in [-0.4, -0.2) is 17.1 Å². The van der Waals surface area contributed by atoms with E-state index in [1.807, 2.05) is 48.5 Å². The molecule has 3 rings (SSSR count). The Morgan fingerprint density at radius 2 is 1.53 bits per heavy atom. The van der Waals surface area contributed by atoms with Crippen molar-refractivity contribution in [2.24, 2.45) is 5.73 Å². The molecule has 1 atom stereocenters. The maximum absolute atomic E-state index is 11.3. The van der Waals surface area contributed by atoms with E-state index in [1.165, 1.54) is 0 Å². The van der Waals surface area contributed by atoms with E-state index in [0.29, 0.717) is 11.5 Å². The van der Waals surface area contributed by atoms with Crippen molar-refractivity contribution in [3.05, 3.63) is 59.7 Å². The number of hydrogen-bond donors (Lipinski definition) is 2. The van der Waals surface area contributed by atoms with Gasteiger partial charge < -0.3 is 15.6 Å². The van der Waals surface area contributed by atoms with Crippen LogP contribution in [0.3, 0.4) is 0 Å². The highest BCUT2D eigenvalue weighted by Crippen LogP contribution is 2.44. The van der Waals surface area contributed by atoms with Gasteiger partial charge in [0.1, 0.15) is 17.5 Å². The lowest BCUT2D eigenvalue weighted by molar-refractivity contribution is -0.138. The van der Waals surface area contributed by atoms with Crippen LogP contribution in [0.5, 0.6) is 11.5 Å². The van der Waals surface area contributed by atoms with Crippen molar-refractivity contribution in [1.29, 1.82) is 0 Å². The van der Waals surface area contributed by atoms with Gasteiger partial charge in [0, 0.05) is 17.0 Å². The zero-order valence-electron chi connectivity index (χ0n) is 10.1. The van der Waals surface area contributed by atoms with Crippen LogP contribution in [0.1, 0.15) is 17.0 Å². The van der Waals surface area contributed by atoms with Crippen molar-refractivity contribution in [2.75, 3.05) is 0 Å². The minimum absolute atomic E-state index is 0.390. The highest BCUT2D eigenvalue weighted by atomic mass is 16.5. The molecule has 4 heteroatoms. The lowest BCUT2D eigenvalue weighted by Gasteiger charge is -2.30. The minimum atomic E-state index is -1.02. The standard InChI is InChI=1S/C15H13NO3/c16-14(15(17)18)13-9-5-1-3-7-11(9)19-12-8-4-2-6-10(12)13/h1-8,13-14H,16H2,(H,17,18). The highest BCUT2D eigenvalue weighted by molar-refractivity contribution is 5.77. The van der Waals surface area contributed by atoms with Crippen LogP contribution >= 0.6 is 0 Å². The minimum Gasteiger partial charge on any atom is -0.480 e. The molecule has 0 spiro atoms. The summed E-state index contributed by atoms with van der Waals surface area (Å²) in [5, 5.41) is 9.22. The van der Waals surface area contributed by atoms with Crippen LogP contribution in [0.15, 0.2) is 48.5 Å². The molecular weight excluding hydrogens is 242 g/mol. The Labute approximate surface area is 110 Å². The Balaban J connectivity index is 2.19. The fourth-order valence-electron chi connectivity index (χ4n) is 2.48. The maximum atomic E-state index is 11.3. The average molecular weight is 255 g/mol. The topological polar surface area (TPSA) is 72.6 Å². The number of hydrogen-bond acceptors (Lipinski definition) is 3. The molecule has 1 aliphatic rings. The summed E-state index contributed by atoms with van der Waals surface area (Å²) in [5.41, 5.74) is 7.50. The summed E-state index contributed by atoms with van der Waals surface area (Å²) in [6.07, 6.45) is 0. The van der Waals surface area contributed by atoms with Gasteiger partial charge in [0.15, 0.2) is 0 Å². The molecule has 1 unspecified atom stereocenters. The summed E-state index contributed by atoms with van der Waals surface area (Å²) in [6.45, 7) is 0. The van der Waals surface area contributed by atoms with Gasteiger partial charge in [-0.3, -0.25) is 4.79 Å². The highest BCUT2D eigenvalue weighted by Gasteiger charge is 2.34. The number of para-hydroxylation sites is 2. The Kier molecular flexibility index (Phi) is 2.72. The summed E-state index contributed by atoms with van der Waals surface area (Å²) >= 11 is 0. The predicted octanol–water partition coefficient (Wildman–Crippen LogP) is 2.34. The zero-order chi connectivity index (χ0) is 13.4. The number of rotatable bonds is 2. The monoisotopic (exact) mass is 255 g/mol. The molecule has 0 aromatic heterocycles. The fourth-order valence-corrected chi connectivity index (χ4v) is 2.48. The predicted molar refractivity (Wildman–Crippen MR) is 70.4 cm³/mol. The van der Waals surface area contributed by atoms with E-state index in [9.17, 15) is 9.90 Å². The molecule has 2 aromatic rings.